The van der Waals surface area contributed by atoms with Crippen molar-refractivity contribution in [1.82, 2.24) is 25.2 Å². The lowest BCUT2D eigenvalue weighted by Crippen LogP contribution is -2.61. The Morgan fingerprint density at radius 1 is 1.12 bits per heavy atom. The van der Waals surface area contributed by atoms with Crippen molar-refractivity contribution in [1.29, 1.82) is 0 Å². The number of sulfonamides is 1. The van der Waals surface area contributed by atoms with Crippen molar-refractivity contribution < 1.29 is 64.5 Å². The average Bonchev–Trinajstić information content (AvgIpc) is 4.06. The number of aromatic nitrogens is 1. The highest BCUT2D eigenvalue weighted by atomic mass is 32.2. The summed E-state index contributed by atoms with van der Waals surface area (Å²) in [5, 5.41) is 6.25. The van der Waals surface area contributed by atoms with Gasteiger partial charge in [0.15, 0.2) is 0 Å². The molecular formula is C40H52F3N5O11S. The molecular weight excluding hydrogens is 816 g/mol. The molecule has 20 heteroatoms. The van der Waals surface area contributed by atoms with E-state index in [2.05, 4.69) is 20.3 Å². The molecule has 330 valence electrons. The van der Waals surface area contributed by atoms with Crippen LogP contribution in [0.5, 0.6) is 17.5 Å². The molecule has 4 amide bonds. The second-order valence-corrected chi connectivity index (χ2v) is 18.8. The van der Waals surface area contributed by atoms with E-state index in [0.29, 0.717) is 56.1 Å². The number of allylic oxidation sites excluding steroid dienone is 1. The van der Waals surface area contributed by atoms with Gasteiger partial charge in [-0.3, -0.25) is 19.1 Å². The number of fused-ring (bicyclic) bond motifs is 3. The number of carbonyl (C=O) groups excluding carboxylic acids is 4. The van der Waals surface area contributed by atoms with Crippen LogP contribution in [0.1, 0.15) is 79.6 Å². The molecule has 3 heterocycles. The van der Waals surface area contributed by atoms with Crippen molar-refractivity contribution in [2.45, 2.75) is 132 Å². The maximum atomic E-state index is 14.9. The van der Waals surface area contributed by atoms with E-state index < -0.39 is 92.2 Å². The molecule has 3 N–H and O–H groups in total. The van der Waals surface area contributed by atoms with Gasteiger partial charge in [0.2, 0.25) is 39.2 Å². The zero-order valence-corrected chi connectivity index (χ0v) is 35.3. The molecule has 0 radical (unpaired) electrons. The van der Waals surface area contributed by atoms with Crippen molar-refractivity contribution in [3.05, 3.63) is 36.4 Å². The standard InChI is InChI=1S/C40H52F3N5O11S/c1-8-29-31(45-36(52)59-37(3,4)40(41,42)43)34(50)48-21-26(58-33-27-14-13-25(55-6)17-23(27)18-30(44-33)56-7)19-28(48)32(49)46-39(20-24(39)12-10-9-11-22(2)57-29)35(51)47-60(53,54)38(5)15-16-38/h10,12-14,17-18,22,24,26,28-29,31H,8-9,11,15-16,19-21H2,1-7H3,(H,45,52)(H,46,49)(H,47,51)/b12-10-/t22-,24?,26-,28+,29+,31+,39-/m1/s1. The second-order valence-electron chi connectivity index (χ2n) is 16.6. The Labute approximate surface area is 346 Å². The summed E-state index contributed by atoms with van der Waals surface area (Å²) in [5.74, 6) is -2.45. The smallest absolute Gasteiger partial charge is 0.427 e. The zero-order chi connectivity index (χ0) is 44.0. The lowest BCUT2D eigenvalue weighted by molar-refractivity contribution is -0.244. The minimum atomic E-state index is -4.95. The summed E-state index contributed by atoms with van der Waals surface area (Å²) in [6.45, 7) is 5.95. The summed E-state index contributed by atoms with van der Waals surface area (Å²) in [5.41, 5.74) is -4.63. The van der Waals surface area contributed by atoms with E-state index in [4.69, 9.17) is 23.7 Å². The number of nitrogens with one attached hydrogen (secondary N) is 3. The monoisotopic (exact) mass is 867 g/mol. The van der Waals surface area contributed by atoms with Crippen LogP contribution in [0.25, 0.3) is 10.8 Å². The SMILES string of the molecule is CC[C@@H]1O[C@H](C)CC/C=C\C2C[C@@]2(C(=O)NS(=O)(=O)C2(C)CC2)NC(=O)[C@@H]2C[C@@H](Oc3nc(OC)cc4cc(OC)ccc34)CN2C(=O)[C@H]1NC(=O)OC(C)(C)C(F)(F)F. The Bertz CT molecular complexity index is 2140. The Kier molecular flexibility index (Phi) is 12.3. The number of nitrogens with zero attached hydrogens (tertiary/aromatic N) is 2. The summed E-state index contributed by atoms with van der Waals surface area (Å²) in [6.07, 6.45) is -4.10. The van der Waals surface area contributed by atoms with Crippen LogP contribution in [0.2, 0.25) is 0 Å². The molecule has 2 aliphatic heterocycles. The molecule has 16 nitrogen and oxygen atoms in total. The molecule has 4 aliphatic rings. The Morgan fingerprint density at radius 2 is 1.83 bits per heavy atom. The minimum Gasteiger partial charge on any atom is -0.497 e. The van der Waals surface area contributed by atoms with E-state index in [1.165, 1.54) is 21.1 Å². The van der Waals surface area contributed by atoms with E-state index in [-0.39, 0.29) is 37.6 Å². The van der Waals surface area contributed by atoms with Crippen molar-refractivity contribution in [2.24, 2.45) is 5.92 Å². The molecule has 7 atom stereocenters. The number of ether oxygens (including phenoxy) is 5. The van der Waals surface area contributed by atoms with Crippen LogP contribution < -0.4 is 29.6 Å². The van der Waals surface area contributed by atoms with E-state index >= 15 is 0 Å². The van der Waals surface area contributed by atoms with Crippen LogP contribution in [-0.4, -0.2) is 115 Å². The van der Waals surface area contributed by atoms with E-state index in [1.807, 2.05) is 0 Å². The van der Waals surface area contributed by atoms with Crippen LogP contribution in [0.3, 0.4) is 0 Å². The number of amides is 4. The van der Waals surface area contributed by atoms with Crippen LogP contribution in [0, 0.1) is 5.92 Å². The van der Waals surface area contributed by atoms with Gasteiger partial charge in [-0.2, -0.15) is 18.2 Å². The number of methoxy groups -OCH3 is 2. The molecule has 3 fully saturated rings. The van der Waals surface area contributed by atoms with Gasteiger partial charge in [0.05, 0.1) is 37.7 Å². The van der Waals surface area contributed by atoms with Crippen molar-refractivity contribution in [3.8, 4) is 17.5 Å². The third-order valence-corrected chi connectivity index (χ3v) is 13.9. The molecule has 6 rings (SSSR count). The lowest BCUT2D eigenvalue weighted by atomic mass is 10.0. The van der Waals surface area contributed by atoms with E-state index in [0.717, 1.165) is 4.90 Å². The molecule has 1 saturated heterocycles. The molecule has 60 heavy (non-hydrogen) atoms. The van der Waals surface area contributed by atoms with Gasteiger partial charge in [-0.15, -0.1) is 0 Å². The van der Waals surface area contributed by atoms with Gasteiger partial charge < -0.3 is 39.2 Å². The summed E-state index contributed by atoms with van der Waals surface area (Å²) in [7, 11) is -1.19. The highest BCUT2D eigenvalue weighted by Gasteiger charge is 2.63. The Morgan fingerprint density at radius 3 is 2.47 bits per heavy atom. The van der Waals surface area contributed by atoms with Gasteiger partial charge in [0.25, 0.3) is 5.91 Å². The first-order valence-corrected chi connectivity index (χ1v) is 21.3. The third kappa shape index (κ3) is 9.08. The summed E-state index contributed by atoms with van der Waals surface area (Å²) in [6, 6.07) is 3.73. The number of hydrogen-bond acceptors (Lipinski definition) is 12. The second kappa shape index (κ2) is 16.5. The minimum absolute atomic E-state index is 0.0616. The first-order chi connectivity index (χ1) is 28.1. The molecule has 1 aromatic heterocycles. The van der Waals surface area contributed by atoms with Crippen molar-refractivity contribution >= 4 is 44.6 Å². The molecule has 0 spiro atoms. The topological polar surface area (TPSA) is 201 Å². The Balaban J connectivity index is 1.39. The number of halogens is 3. The Hall–Kier alpha value is -4.85. The molecule has 2 aromatic rings. The fourth-order valence-electron chi connectivity index (χ4n) is 7.41. The number of rotatable bonds is 10. The van der Waals surface area contributed by atoms with Gasteiger partial charge in [-0.25, -0.2) is 13.2 Å². The lowest BCUT2D eigenvalue weighted by Gasteiger charge is -2.35. The van der Waals surface area contributed by atoms with Crippen LogP contribution in [0.4, 0.5) is 18.0 Å². The fourth-order valence-corrected chi connectivity index (χ4v) is 8.72. The van der Waals surface area contributed by atoms with Crippen LogP contribution in [0.15, 0.2) is 36.4 Å². The van der Waals surface area contributed by atoms with E-state index in [1.54, 1.807) is 50.3 Å². The van der Waals surface area contributed by atoms with Gasteiger partial charge in [0.1, 0.15) is 29.5 Å². The molecule has 1 unspecified atom stereocenters. The average molecular weight is 868 g/mol. The molecule has 2 saturated carbocycles. The number of carbonyl (C=O) groups is 4. The number of benzene rings is 1. The predicted octanol–water partition coefficient (Wildman–Crippen LogP) is 4.44. The predicted molar refractivity (Wildman–Crippen MR) is 210 cm³/mol. The number of alkyl halides is 3. The normalized spacial score (nSPS) is 28.8. The zero-order valence-electron chi connectivity index (χ0n) is 34.5. The molecule has 2 aliphatic carbocycles. The van der Waals surface area contributed by atoms with Crippen LogP contribution >= 0.6 is 0 Å². The van der Waals surface area contributed by atoms with Gasteiger partial charge in [0, 0.05) is 23.8 Å². The van der Waals surface area contributed by atoms with E-state index in [9.17, 15) is 40.8 Å². The van der Waals surface area contributed by atoms with Gasteiger partial charge in [-0.05, 0) is 89.8 Å². The molecule has 0 bridgehead atoms. The maximum Gasteiger partial charge on any atom is 0.427 e. The van der Waals surface area contributed by atoms with Crippen molar-refractivity contribution in [2.75, 3.05) is 20.8 Å². The summed E-state index contributed by atoms with van der Waals surface area (Å²) < 4.78 is 97.1. The van der Waals surface area contributed by atoms with Gasteiger partial charge in [-0.1, -0.05) is 19.1 Å². The highest BCUT2D eigenvalue weighted by molar-refractivity contribution is 7.91. The van der Waals surface area contributed by atoms with Gasteiger partial charge >= 0.3 is 12.3 Å². The van der Waals surface area contributed by atoms with Crippen LogP contribution in [-0.2, 0) is 33.9 Å². The summed E-state index contributed by atoms with van der Waals surface area (Å²) >= 11 is 0. The quantitative estimate of drug-likeness (QED) is 0.284. The largest absolute Gasteiger partial charge is 0.497 e. The number of hydrogen-bond donors (Lipinski definition) is 3. The maximum absolute atomic E-state index is 14.9. The fraction of sp³-hybridized carbons (Fsp3) is 0.625. The third-order valence-electron chi connectivity index (χ3n) is 11.8. The number of alkyl carbamates (subject to hydrolysis) is 1. The first-order valence-electron chi connectivity index (χ1n) is 19.8. The summed E-state index contributed by atoms with van der Waals surface area (Å²) in [4.78, 5) is 62.2. The molecule has 1 aromatic carbocycles. The number of pyridine rings is 1. The first kappa shape index (κ1) is 44.7. The van der Waals surface area contributed by atoms with Crippen molar-refractivity contribution in [3.63, 3.8) is 0 Å². The highest BCUT2D eigenvalue weighted by Crippen LogP contribution is 2.48.